The summed E-state index contributed by atoms with van der Waals surface area (Å²) in [4.78, 5) is 10.2. The first-order chi connectivity index (χ1) is 5.50. The molecule has 0 saturated carbocycles. The van der Waals surface area contributed by atoms with Gasteiger partial charge in [-0.3, -0.25) is 10.1 Å². The quantitative estimate of drug-likeness (QED) is 0.335. The summed E-state index contributed by atoms with van der Waals surface area (Å²) in [5, 5.41) is 16.4. The third-order valence-corrected chi connectivity index (χ3v) is 1.60. The van der Waals surface area contributed by atoms with E-state index in [9.17, 15) is 10.1 Å². The summed E-state index contributed by atoms with van der Waals surface area (Å²) < 4.78 is 0. The molecule has 0 rings (SSSR count). The van der Waals surface area contributed by atoms with Gasteiger partial charge in [-0.1, -0.05) is 0 Å². The standard InChI is InChI=1S/C7H17N3O2/c1-7(2,10(11)12)6-9-5-4-8-3/h8-9H,4-6H2,1-3H3. The zero-order valence-electron chi connectivity index (χ0n) is 7.89. The van der Waals surface area contributed by atoms with Gasteiger partial charge in [-0.05, 0) is 7.05 Å². The minimum atomic E-state index is -0.867. The molecule has 12 heavy (non-hydrogen) atoms. The van der Waals surface area contributed by atoms with Crippen LogP contribution < -0.4 is 10.6 Å². The molecule has 2 N–H and O–H groups in total. The van der Waals surface area contributed by atoms with E-state index in [1.165, 1.54) is 0 Å². The lowest BCUT2D eigenvalue weighted by atomic mass is 10.1. The van der Waals surface area contributed by atoms with E-state index in [0.717, 1.165) is 13.1 Å². The average Bonchev–Trinajstić information content (AvgIpc) is 1.98. The summed E-state index contributed by atoms with van der Waals surface area (Å²) in [7, 11) is 1.85. The molecule has 0 heterocycles. The van der Waals surface area contributed by atoms with E-state index in [-0.39, 0.29) is 4.92 Å². The van der Waals surface area contributed by atoms with E-state index >= 15 is 0 Å². The van der Waals surface area contributed by atoms with Crippen molar-refractivity contribution in [3.05, 3.63) is 10.1 Å². The van der Waals surface area contributed by atoms with Gasteiger partial charge < -0.3 is 10.6 Å². The summed E-state index contributed by atoms with van der Waals surface area (Å²) >= 11 is 0. The summed E-state index contributed by atoms with van der Waals surface area (Å²) in [5.74, 6) is 0. The lowest BCUT2D eigenvalue weighted by molar-refractivity contribution is -0.558. The monoisotopic (exact) mass is 175 g/mol. The van der Waals surface area contributed by atoms with Crippen LogP contribution in [-0.2, 0) is 0 Å². The van der Waals surface area contributed by atoms with Gasteiger partial charge in [0.15, 0.2) is 0 Å². The van der Waals surface area contributed by atoms with Gasteiger partial charge >= 0.3 is 0 Å². The highest BCUT2D eigenvalue weighted by Gasteiger charge is 2.29. The number of nitro groups is 1. The molecule has 0 bridgehead atoms. The molecule has 0 aromatic heterocycles. The van der Waals surface area contributed by atoms with E-state index < -0.39 is 5.54 Å². The number of hydrogen-bond acceptors (Lipinski definition) is 4. The molecule has 0 aromatic carbocycles. The predicted molar refractivity (Wildman–Crippen MR) is 47.9 cm³/mol. The summed E-state index contributed by atoms with van der Waals surface area (Å²) in [6.07, 6.45) is 0. The Morgan fingerprint density at radius 2 is 2.00 bits per heavy atom. The van der Waals surface area contributed by atoms with Crippen molar-refractivity contribution in [2.75, 3.05) is 26.7 Å². The lowest BCUT2D eigenvalue weighted by Crippen LogP contribution is -2.43. The van der Waals surface area contributed by atoms with E-state index in [4.69, 9.17) is 0 Å². The molecule has 5 heteroatoms. The Hall–Kier alpha value is -0.680. The van der Waals surface area contributed by atoms with E-state index in [1.54, 1.807) is 13.8 Å². The van der Waals surface area contributed by atoms with Gasteiger partial charge in [0.1, 0.15) is 0 Å². The summed E-state index contributed by atoms with van der Waals surface area (Å²) in [5.41, 5.74) is -0.867. The second-order valence-corrected chi connectivity index (χ2v) is 3.35. The van der Waals surface area contributed by atoms with Crippen molar-refractivity contribution in [1.82, 2.24) is 10.6 Å². The molecule has 0 fully saturated rings. The Balaban J connectivity index is 3.54. The predicted octanol–water partition coefficient (Wildman–Crippen LogP) is -0.149. The van der Waals surface area contributed by atoms with Crippen molar-refractivity contribution in [1.29, 1.82) is 0 Å². The average molecular weight is 175 g/mol. The maximum Gasteiger partial charge on any atom is 0.229 e. The number of rotatable bonds is 6. The van der Waals surface area contributed by atoms with Crippen LogP contribution in [0.3, 0.4) is 0 Å². The van der Waals surface area contributed by atoms with Crippen molar-refractivity contribution in [3.63, 3.8) is 0 Å². The molecule has 0 atom stereocenters. The second-order valence-electron chi connectivity index (χ2n) is 3.35. The molecule has 0 aromatic rings. The van der Waals surface area contributed by atoms with Crippen molar-refractivity contribution in [3.8, 4) is 0 Å². The van der Waals surface area contributed by atoms with Crippen molar-refractivity contribution < 1.29 is 4.92 Å². The fourth-order valence-corrected chi connectivity index (χ4v) is 0.672. The van der Waals surface area contributed by atoms with Crippen molar-refractivity contribution >= 4 is 0 Å². The third kappa shape index (κ3) is 4.25. The van der Waals surface area contributed by atoms with Gasteiger partial charge in [0.2, 0.25) is 5.54 Å². The minimum Gasteiger partial charge on any atom is -0.318 e. The smallest absolute Gasteiger partial charge is 0.229 e. The van der Waals surface area contributed by atoms with Crippen LogP contribution in [0.4, 0.5) is 0 Å². The number of hydrogen-bond donors (Lipinski definition) is 2. The third-order valence-electron chi connectivity index (χ3n) is 1.60. The molecule has 72 valence electrons. The van der Waals surface area contributed by atoms with Crippen LogP contribution in [0.25, 0.3) is 0 Å². The topological polar surface area (TPSA) is 67.2 Å². The highest BCUT2D eigenvalue weighted by molar-refractivity contribution is 4.69. The van der Waals surface area contributed by atoms with Crippen LogP contribution in [-0.4, -0.2) is 37.1 Å². The number of likely N-dealkylation sites (N-methyl/N-ethyl adjacent to an activating group) is 1. The van der Waals surface area contributed by atoms with Crippen LogP contribution >= 0.6 is 0 Å². The molecule has 0 unspecified atom stereocenters. The Kier molecular flexibility index (Phi) is 4.77. The molecule has 0 radical (unpaired) electrons. The summed E-state index contributed by atoms with van der Waals surface area (Å²) in [6.45, 7) is 5.21. The fourth-order valence-electron chi connectivity index (χ4n) is 0.672. The Morgan fingerprint density at radius 3 is 2.42 bits per heavy atom. The molecule has 0 spiro atoms. The first-order valence-corrected chi connectivity index (χ1v) is 4.00. The zero-order chi connectivity index (χ0) is 9.61. The normalized spacial score (nSPS) is 11.6. The lowest BCUT2D eigenvalue weighted by Gasteiger charge is -2.15. The van der Waals surface area contributed by atoms with Gasteiger partial charge in [-0.15, -0.1) is 0 Å². The highest BCUT2D eigenvalue weighted by atomic mass is 16.6. The Bertz CT molecular complexity index is 148. The molecular weight excluding hydrogens is 158 g/mol. The SMILES string of the molecule is CNCCNCC(C)(C)[N+](=O)[O-]. The maximum absolute atomic E-state index is 10.4. The molecule has 5 nitrogen and oxygen atoms in total. The fraction of sp³-hybridized carbons (Fsp3) is 1.00. The number of nitrogens with one attached hydrogen (secondary N) is 2. The highest BCUT2D eigenvalue weighted by Crippen LogP contribution is 2.04. The van der Waals surface area contributed by atoms with Gasteiger partial charge in [-0.2, -0.15) is 0 Å². The van der Waals surface area contributed by atoms with Gasteiger partial charge in [-0.25, -0.2) is 0 Å². The van der Waals surface area contributed by atoms with Crippen molar-refractivity contribution in [2.24, 2.45) is 0 Å². The minimum absolute atomic E-state index is 0.265. The maximum atomic E-state index is 10.4. The first-order valence-electron chi connectivity index (χ1n) is 4.00. The number of nitrogens with zero attached hydrogens (tertiary/aromatic N) is 1. The molecule has 0 aliphatic rings. The molecule has 0 aliphatic heterocycles. The van der Waals surface area contributed by atoms with E-state index in [0.29, 0.717) is 6.54 Å². The zero-order valence-corrected chi connectivity index (χ0v) is 7.89. The van der Waals surface area contributed by atoms with Gasteiger partial charge in [0, 0.05) is 31.9 Å². The Labute approximate surface area is 72.7 Å². The van der Waals surface area contributed by atoms with E-state index in [1.807, 2.05) is 7.05 Å². The van der Waals surface area contributed by atoms with Crippen LogP contribution in [0.15, 0.2) is 0 Å². The van der Waals surface area contributed by atoms with Crippen LogP contribution in [0.2, 0.25) is 0 Å². The van der Waals surface area contributed by atoms with Gasteiger partial charge in [0.25, 0.3) is 0 Å². The van der Waals surface area contributed by atoms with Crippen LogP contribution in [0.1, 0.15) is 13.8 Å². The Morgan fingerprint density at radius 1 is 1.42 bits per heavy atom. The molecule has 0 aliphatic carbocycles. The molecular formula is C7H17N3O2. The molecule has 0 saturated heterocycles. The van der Waals surface area contributed by atoms with Crippen LogP contribution in [0, 0.1) is 10.1 Å². The van der Waals surface area contributed by atoms with Crippen molar-refractivity contribution in [2.45, 2.75) is 19.4 Å². The van der Waals surface area contributed by atoms with Crippen LogP contribution in [0.5, 0.6) is 0 Å². The molecule has 0 amide bonds. The largest absolute Gasteiger partial charge is 0.318 e. The first kappa shape index (κ1) is 11.3. The second kappa shape index (κ2) is 5.05. The summed E-state index contributed by atoms with van der Waals surface area (Å²) in [6, 6.07) is 0. The van der Waals surface area contributed by atoms with Gasteiger partial charge in [0.05, 0.1) is 6.54 Å². The van der Waals surface area contributed by atoms with E-state index in [2.05, 4.69) is 10.6 Å².